The Morgan fingerprint density at radius 2 is 1.76 bits per heavy atom. The Morgan fingerprint density at radius 1 is 1.12 bits per heavy atom. The van der Waals surface area contributed by atoms with E-state index in [1.165, 1.54) is 11.1 Å². The van der Waals surface area contributed by atoms with Gasteiger partial charge in [-0.05, 0) is 32.9 Å². The maximum Gasteiger partial charge on any atom is 0.164 e. The Balaban J connectivity index is 2.55. The average Bonchev–Trinajstić information content (AvgIpc) is 2.70. The van der Waals surface area contributed by atoms with Crippen molar-refractivity contribution in [2.45, 2.75) is 33.9 Å². The highest BCUT2D eigenvalue weighted by Crippen LogP contribution is 2.21. The molecule has 0 atom stereocenters. The van der Waals surface area contributed by atoms with Crippen molar-refractivity contribution in [3.05, 3.63) is 35.2 Å². The van der Waals surface area contributed by atoms with Gasteiger partial charge in [0.15, 0.2) is 11.6 Å². The van der Waals surface area contributed by atoms with Gasteiger partial charge >= 0.3 is 0 Å². The summed E-state index contributed by atoms with van der Waals surface area (Å²) in [6.45, 7) is 6.83. The van der Waals surface area contributed by atoms with E-state index >= 15 is 0 Å². The number of aliphatic hydroxyl groups is 1. The molecule has 90 valence electrons. The van der Waals surface area contributed by atoms with E-state index in [1.807, 2.05) is 11.5 Å². The molecule has 0 bridgehead atoms. The maximum absolute atomic E-state index is 9.20. The fourth-order valence-electron chi connectivity index (χ4n) is 2.10. The molecule has 0 aliphatic carbocycles. The van der Waals surface area contributed by atoms with Gasteiger partial charge in [-0.15, -0.1) is 10.2 Å². The second-order valence-corrected chi connectivity index (χ2v) is 4.22. The van der Waals surface area contributed by atoms with E-state index in [0.717, 1.165) is 17.9 Å². The van der Waals surface area contributed by atoms with Crippen LogP contribution in [0.2, 0.25) is 0 Å². The third-order valence-electron chi connectivity index (χ3n) is 2.76. The standard InChI is InChI=1S/C13H17N3O/c1-4-16-12(8-17)14-15-13(16)11-6-9(2)5-10(3)7-11/h5-7,17H,4,8H2,1-3H3. The summed E-state index contributed by atoms with van der Waals surface area (Å²) >= 11 is 0. The molecular formula is C13H17N3O. The third-order valence-corrected chi connectivity index (χ3v) is 2.76. The van der Waals surface area contributed by atoms with Crippen LogP contribution in [0.15, 0.2) is 18.2 Å². The zero-order valence-corrected chi connectivity index (χ0v) is 10.4. The van der Waals surface area contributed by atoms with Crippen LogP contribution < -0.4 is 0 Å². The van der Waals surface area contributed by atoms with Crippen LogP contribution in [0.25, 0.3) is 11.4 Å². The third kappa shape index (κ3) is 2.22. The first-order chi connectivity index (χ1) is 8.15. The number of hydrogen-bond acceptors (Lipinski definition) is 3. The molecule has 0 saturated heterocycles. The van der Waals surface area contributed by atoms with E-state index in [-0.39, 0.29) is 6.61 Å². The molecule has 2 aromatic rings. The van der Waals surface area contributed by atoms with Gasteiger partial charge < -0.3 is 9.67 Å². The second kappa shape index (κ2) is 4.67. The molecule has 4 heteroatoms. The van der Waals surface area contributed by atoms with E-state index in [1.54, 1.807) is 0 Å². The summed E-state index contributed by atoms with van der Waals surface area (Å²) in [5, 5.41) is 17.4. The molecule has 17 heavy (non-hydrogen) atoms. The smallest absolute Gasteiger partial charge is 0.164 e. The van der Waals surface area contributed by atoms with Gasteiger partial charge in [-0.3, -0.25) is 0 Å². The van der Waals surface area contributed by atoms with Crippen molar-refractivity contribution in [3.63, 3.8) is 0 Å². The molecule has 1 heterocycles. The summed E-state index contributed by atoms with van der Waals surface area (Å²) in [4.78, 5) is 0. The lowest BCUT2D eigenvalue weighted by Gasteiger charge is -2.07. The van der Waals surface area contributed by atoms with Gasteiger partial charge in [-0.1, -0.05) is 17.2 Å². The predicted molar refractivity (Wildman–Crippen MR) is 66.5 cm³/mol. The minimum Gasteiger partial charge on any atom is -0.388 e. The van der Waals surface area contributed by atoms with Crippen LogP contribution in [0, 0.1) is 13.8 Å². The monoisotopic (exact) mass is 231 g/mol. The molecule has 0 spiro atoms. The summed E-state index contributed by atoms with van der Waals surface area (Å²) < 4.78 is 1.94. The van der Waals surface area contributed by atoms with Crippen molar-refractivity contribution >= 4 is 0 Å². The molecule has 0 fully saturated rings. The Morgan fingerprint density at radius 3 is 2.29 bits per heavy atom. The lowest BCUT2D eigenvalue weighted by molar-refractivity contribution is 0.265. The van der Waals surface area contributed by atoms with E-state index in [9.17, 15) is 5.11 Å². The van der Waals surface area contributed by atoms with Crippen LogP contribution in [-0.4, -0.2) is 19.9 Å². The van der Waals surface area contributed by atoms with Crippen LogP contribution in [0.1, 0.15) is 23.9 Å². The molecule has 2 rings (SSSR count). The lowest BCUT2D eigenvalue weighted by atomic mass is 10.1. The predicted octanol–water partition coefficient (Wildman–Crippen LogP) is 2.07. The summed E-state index contributed by atoms with van der Waals surface area (Å²) in [5.41, 5.74) is 3.46. The molecule has 1 aromatic carbocycles. The maximum atomic E-state index is 9.20. The van der Waals surface area contributed by atoms with Gasteiger partial charge in [0.05, 0.1) is 0 Å². The fourth-order valence-corrected chi connectivity index (χ4v) is 2.10. The molecular weight excluding hydrogens is 214 g/mol. The Hall–Kier alpha value is -1.68. The van der Waals surface area contributed by atoms with Gasteiger partial charge in [-0.2, -0.15) is 0 Å². The first-order valence-corrected chi connectivity index (χ1v) is 5.77. The largest absolute Gasteiger partial charge is 0.388 e. The minimum absolute atomic E-state index is 0.0777. The number of hydrogen-bond donors (Lipinski definition) is 1. The first kappa shape index (κ1) is 11.8. The highest BCUT2D eigenvalue weighted by atomic mass is 16.3. The Kier molecular flexibility index (Phi) is 3.24. The van der Waals surface area contributed by atoms with Crippen LogP contribution >= 0.6 is 0 Å². The molecule has 0 unspecified atom stereocenters. The second-order valence-electron chi connectivity index (χ2n) is 4.22. The molecule has 0 radical (unpaired) electrons. The molecule has 1 aromatic heterocycles. The summed E-state index contributed by atoms with van der Waals surface area (Å²) in [7, 11) is 0. The van der Waals surface area contributed by atoms with Crippen molar-refractivity contribution in [1.82, 2.24) is 14.8 Å². The van der Waals surface area contributed by atoms with Crippen LogP contribution in [0.4, 0.5) is 0 Å². The number of aromatic nitrogens is 3. The molecule has 0 amide bonds. The van der Waals surface area contributed by atoms with Crippen molar-refractivity contribution in [1.29, 1.82) is 0 Å². The van der Waals surface area contributed by atoms with Crippen molar-refractivity contribution in [2.75, 3.05) is 0 Å². The minimum atomic E-state index is -0.0777. The molecule has 0 aliphatic heterocycles. The number of aliphatic hydroxyl groups excluding tert-OH is 1. The highest BCUT2D eigenvalue weighted by molar-refractivity contribution is 5.58. The van der Waals surface area contributed by atoms with Crippen LogP contribution in [0.3, 0.4) is 0 Å². The van der Waals surface area contributed by atoms with E-state index in [0.29, 0.717) is 5.82 Å². The number of benzene rings is 1. The van der Waals surface area contributed by atoms with Gasteiger partial charge in [-0.25, -0.2) is 0 Å². The summed E-state index contributed by atoms with van der Waals surface area (Å²) in [5.74, 6) is 1.44. The summed E-state index contributed by atoms with van der Waals surface area (Å²) in [6, 6.07) is 6.30. The first-order valence-electron chi connectivity index (χ1n) is 5.77. The molecule has 1 N–H and O–H groups in total. The lowest BCUT2D eigenvalue weighted by Crippen LogP contribution is -2.03. The SMILES string of the molecule is CCn1c(CO)nnc1-c1cc(C)cc(C)c1. The van der Waals surface area contributed by atoms with Gasteiger partial charge in [0.2, 0.25) is 0 Å². The molecule has 0 saturated carbocycles. The normalized spacial score (nSPS) is 10.8. The van der Waals surface area contributed by atoms with Gasteiger partial charge in [0, 0.05) is 12.1 Å². The summed E-state index contributed by atoms with van der Waals surface area (Å²) in [6.07, 6.45) is 0. The zero-order valence-electron chi connectivity index (χ0n) is 10.4. The number of aryl methyl sites for hydroxylation is 2. The van der Waals surface area contributed by atoms with Crippen molar-refractivity contribution < 1.29 is 5.11 Å². The Labute approximate surface area is 101 Å². The average molecular weight is 231 g/mol. The topological polar surface area (TPSA) is 50.9 Å². The van der Waals surface area contributed by atoms with Gasteiger partial charge in [0.25, 0.3) is 0 Å². The molecule has 0 aliphatic rings. The fraction of sp³-hybridized carbons (Fsp3) is 0.385. The van der Waals surface area contributed by atoms with Crippen molar-refractivity contribution in [2.24, 2.45) is 0 Å². The van der Waals surface area contributed by atoms with Gasteiger partial charge in [0.1, 0.15) is 6.61 Å². The van der Waals surface area contributed by atoms with Crippen LogP contribution in [0.5, 0.6) is 0 Å². The van der Waals surface area contributed by atoms with Crippen LogP contribution in [-0.2, 0) is 13.2 Å². The Bertz CT molecular complexity index is 511. The van der Waals surface area contributed by atoms with E-state index in [2.05, 4.69) is 42.2 Å². The van der Waals surface area contributed by atoms with E-state index < -0.39 is 0 Å². The van der Waals surface area contributed by atoms with Crippen molar-refractivity contribution in [3.8, 4) is 11.4 Å². The molecule has 4 nitrogen and oxygen atoms in total. The quantitative estimate of drug-likeness (QED) is 0.879. The highest BCUT2D eigenvalue weighted by Gasteiger charge is 2.12. The zero-order chi connectivity index (χ0) is 12.4. The number of nitrogens with zero attached hydrogens (tertiary/aromatic N) is 3. The number of rotatable bonds is 3. The van der Waals surface area contributed by atoms with E-state index in [4.69, 9.17) is 0 Å².